The van der Waals surface area contributed by atoms with Crippen molar-refractivity contribution in [3.05, 3.63) is 0 Å². The Kier molecular flexibility index (Phi) is 1.92. The summed E-state index contributed by atoms with van der Waals surface area (Å²) < 4.78 is 5.81. The van der Waals surface area contributed by atoms with Crippen LogP contribution in [0.4, 0.5) is 0 Å². The Morgan fingerprint density at radius 1 is 1.42 bits per heavy atom. The molecule has 2 aliphatic rings. The summed E-state index contributed by atoms with van der Waals surface area (Å²) in [6.07, 6.45) is 4.55. The maximum atomic E-state index is 9.83. The maximum Gasteiger partial charge on any atom is 0.0944 e. The van der Waals surface area contributed by atoms with Crippen LogP contribution in [-0.2, 0) is 4.74 Å². The molecule has 4 atom stereocenters. The normalized spacial score (nSPS) is 53.8. The van der Waals surface area contributed by atoms with Crippen molar-refractivity contribution in [2.45, 2.75) is 57.3 Å². The van der Waals surface area contributed by atoms with Gasteiger partial charge in [-0.05, 0) is 39.0 Å². The van der Waals surface area contributed by atoms with Crippen LogP contribution in [0, 0.1) is 5.92 Å². The number of aliphatic hydroxyl groups excluding tert-OH is 1. The van der Waals surface area contributed by atoms with Crippen LogP contribution in [-0.4, -0.2) is 22.9 Å². The van der Waals surface area contributed by atoms with E-state index in [1.807, 2.05) is 0 Å². The van der Waals surface area contributed by atoms with Crippen LogP contribution in [0.5, 0.6) is 0 Å². The highest BCUT2D eigenvalue weighted by atomic mass is 16.5. The minimum absolute atomic E-state index is 0.225. The smallest absolute Gasteiger partial charge is 0.0944 e. The SMILES string of the molecule is C[C@H]1C[C@H]2CCC[C@@H](O)[C@@]2(C)O1. The Labute approximate surface area is 73.9 Å². The molecule has 1 saturated carbocycles. The number of hydrogen-bond donors (Lipinski definition) is 1. The first kappa shape index (κ1) is 8.52. The molecule has 1 N–H and O–H groups in total. The molecule has 0 amide bonds. The number of aliphatic hydroxyl groups is 1. The molecule has 0 spiro atoms. The molecule has 0 unspecified atom stereocenters. The van der Waals surface area contributed by atoms with E-state index in [1.54, 1.807) is 0 Å². The lowest BCUT2D eigenvalue weighted by Gasteiger charge is -2.39. The fourth-order valence-corrected chi connectivity index (χ4v) is 2.81. The first-order chi connectivity index (χ1) is 5.63. The lowest BCUT2D eigenvalue weighted by molar-refractivity contribution is -0.133. The molecular weight excluding hydrogens is 152 g/mol. The molecule has 0 bridgehead atoms. The summed E-state index contributed by atoms with van der Waals surface area (Å²) in [4.78, 5) is 0. The van der Waals surface area contributed by atoms with Gasteiger partial charge in [-0.3, -0.25) is 0 Å². The summed E-state index contributed by atoms with van der Waals surface area (Å²) in [7, 11) is 0. The number of hydrogen-bond acceptors (Lipinski definition) is 2. The third kappa shape index (κ3) is 1.09. The predicted molar refractivity (Wildman–Crippen MR) is 46.9 cm³/mol. The second kappa shape index (κ2) is 2.71. The second-order valence-corrected chi connectivity index (χ2v) is 4.49. The fraction of sp³-hybridized carbons (Fsp3) is 1.00. The van der Waals surface area contributed by atoms with E-state index in [9.17, 15) is 5.11 Å². The third-order valence-electron chi connectivity index (χ3n) is 3.57. The van der Waals surface area contributed by atoms with Gasteiger partial charge in [0.2, 0.25) is 0 Å². The van der Waals surface area contributed by atoms with Crippen molar-refractivity contribution in [1.29, 1.82) is 0 Å². The highest BCUT2D eigenvalue weighted by Crippen LogP contribution is 2.45. The van der Waals surface area contributed by atoms with Gasteiger partial charge in [-0.25, -0.2) is 0 Å². The molecule has 0 aromatic carbocycles. The van der Waals surface area contributed by atoms with Crippen molar-refractivity contribution in [2.75, 3.05) is 0 Å². The molecule has 0 aromatic rings. The van der Waals surface area contributed by atoms with E-state index in [0.717, 1.165) is 19.3 Å². The second-order valence-electron chi connectivity index (χ2n) is 4.49. The zero-order valence-electron chi connectivity index (χ0n) is 7.92. The average Bonchev–Trinajstić information content (AvgIpc) is 2.27. The lowest BCUT2D eigenvalue weighted by atomic mass is 9.74. The van der Waals surface area contributed by atoms with Gasteiger partial charge in [-0.2, -0.15) is 0 Å². The first-order valence-corrected chi connectivity index (χ1v) is 4.99. The van der Waals surface area contributed by atoms with E-state index in [4.69, 9.17) is 4.74 Å². The Morgan fingerprint density at radius 3 is 2.83 bits per heavy atom. The summed E-state index contributed by atoms with van der Waals surface area (Å²) in [5.41, 5.74) is -0.225. The molecule has 70 valence electrons. The zero-order valence-corrected chi connectivity index (χ0v) is 7.92. The van der Waals surface area contributed by atoms with Crippen LogP contribution in [0.15, 0.2) is 0 Å². The van der Waals surface area contributed by atoms with E-state index < -0.39 is 0 Å². The maximum absolute atomic E-state index is 9.83. The van der Waals surface area contributed by atoms with E-state index in [1.165, 1.54) is 6.42 Å². The van der Waals surface area contributed by atoms with Crippen molar-refractivity contribution >= 4 is 0 Å². The van der Waals surface area contributed by atoms with Gasteiger partial charge in [0.05, 0.1) is 17.8 Å². The van der Waals surface area contributed by atoms with Crippen molar-refractivity contribution < 1.29 is 9.84 Å². The van der Waals surface area contributed by atoms with Crippen molar-refractivity contribution in [3.8, 4) is 0 Å². The zero-order chi connectivity index (χ0) is 8.77. The molecule has 0 radical (unpaired) electrons. The van der Waals surface area contributed by atoms with Gasteiger partial charge in [0, 0.05) is 0 Å². The monoisotopic (exact) mass is 170 g/mol. The van der Waals surface area contributed by atoms with Crippen molar-refractivity contribution in [1.82, 2.24) is 0 Å². The molecule has 2 rings (SSSR count). The Morgan fingerprint density at radius 2 is 2.17 bits per heavy atom. The molecule has 2 nitrogen and oxygen atoms in total. The Hall–Kier alpha value is -0.0800. The summed E-state index contributed by atoms with van der Waals surface area (Å²) in [5.74, 6) is 0.594. The molecule has 1 heterocycles. The van der Waals surface area contributed by atoms with Gasteiger partial charge in [-0.15, -0.1) is 0 Å². The molecule has 2 heteroatoms. The highest BCUT2D eigenvalue weighted by molar-refractivity contribution is 4.99. The van der Waals surface area contributed by atoms with Crippen LogP contribution in [0.25, 0.3) is 0 Å². The first-order valence-electron chi connectivity index (χ1n) is 4.99. The topological polar surface area (TPSA) is 29.5 Å². The Bertz CT molecular complexity index is 181. The minimum atomic E-state index is -0.235. The lowest BCUT2D eigenvalue weighted by Crippen LogP contribution is -2.47. The molecule has 2 fully saturated rings. The van der Waals surface area contributed by atoms with E-state index in [2.05, 4.69) is 13.8 Å². The largest absolute Gasteiger partial charge is 0.390 e. The van der Waals surface area contributed by atoms with Crippen molar-refractivity contribution in [2.24, 2.45) is 5.92 Å². The van der Waals surface area contributed by atoms with Crippen LogP contribution in [0.2, 0.25) is 0 Å². The molecular formula is C10H18O2. The summed E-state index contributed by atoms with van der Waals surface area (Å²) in [6.45, 7) is 4.18. The van der Waals surface area contributed by atoms with Crippen LogP contribution in [0.1, 0.15) is 39.5 Å². The Balaban J connectivity index is 2.18. The highest BCUT2D eigenvalue weighted by Gasteiger charge is 2.49. The molecule has 1 aliphatic carbocycles. The summed E-state index contributed by atoms with van der Waals surface area (Å²) in [5, 5.41) is 9.83. The number of rotatable bonds is 0. The van der Waals surface area contributed by atoms with Crippen molar-refractivity contribution in [3.63, 3.8) is 0 Å². The molecule has 12 heavy (non-hydrogen) atoms. The number of ether oxygens (including phenoxy) is 1. The molecule has 0 aromatic heterocycles. The number of fused-ring (bicyclic) bond motifs is 1. The molecule has 1 aliphatic heterocycles. The standard InChI is InChI=1S/C10H18O2/c1-7-6-8-4-3-5-9(11)10(8,2)12-7/h7-9,11H,3-6H2,1-2H3/t7-,8+,9+,10-/m0/s1. The fourth-order valence-electron chi connectivity index (χ4n) is 2.81. The average molecular weight is 170 g/mol. The predicted octanol–water partition coefficient (Wildman–Crippen LogP) is 1.71. The quantitative estimate of drug-likeness (QED) is 0.599. The van der Waals surface area contributed by atoms with Gasteiger partial charge >= 0.3 is 0 Å². The van der Waals surface area contributed by atoms with E-state index in [-0.39, 0.29) is 11.7 Å². The third-order valence-corrected chi connectivity index (χ3v) is 3.57. The van der Waals surface area contributed by atoms with Gasteiger partial charge < -0.3 is 9.84 Å². The summed E-state index contributed by atoms with van der Waals surface area (Å²) >= 11 is 0. The van der Waals surface area contributed by atoms with Crippen LogP contribution < -0.4 is 0 Å². The minimum Gasteiger partial charge on any atom is -0.390 e. The van der Waals surface area contributed by atoms with E-state index >= 15 is 0 Å². The van der Waals surface area contributed by atoms with E-state index in [0.29, 0.717) is 12.0 Å². The molecule has 1 saturated heterocycles. The van der Waals surface area contributed by atoms with Crippen LogP contribution in [0.3, 0.4) is 0 Å². The van der Waals surface area contributed by atoms with Crippen LogP contribution >= 0.6 is 0 Å². The van der Waals surface area contributed by atoms with Gasteiger partial charge in [0.15, 0.2) is 0 Å². The van der Waals surface area contributed by atoms with Gasteiger partial charge in [0.1, 0.15) is 0 Å². The summed E-state index contributed by atoms with van der Waals surface area (Å²) in [6, 6.07) is 0. The van der Waals surface area contributed by atoms with Gasteiger partial charge in [-0.1, -0.05) is 6.42 Å². The van der Waals surface area contributed by atoms with Gasteiger partial charge in [0.25, 0.3) is 0 Å².